The van der Waals surface area contributed by atoms with Gasteiger partial charge < -0.3 is 4.18 Å². The second-order valence-electron chi connectivity index (χ2n) is 4.91. The zero-order chi connectivity index (χ0) is 12.9. The summed E-state index contributed by atoms with van der Waals surface area (Å²) in [5.41, 5.74) is 2.33. The average Bonchev–Trinajstić information content (AvgIpc) is 2.58. The van der Waals surface area contributed by atoms with Crippen molar-refractivity contribution in [2.45, 2.75) is 25.7 Å². The number of amides is 2. The van der Waals surface area contributed by atoms with Gasteiger partial charge in [0.1, 0.15) is 5.75 Å². The van der Waals surface area contributed by atoms with Crippen molar-refractivity contribution in [3.05, 3.63) is 28.8 Å². The molecule has 1 unspecified atom stereocenters. The van der Waals surface area contributed by atoms with Crippen LogP contribution < -0.4 is 9.50 Å². The van der Waals surface area contributed by atoms with E-state index in [1.807, 2.05) is 26.0 Å². The number of hydrogen-bond acceptors (Lipinski definition) is 4. The molecule has 0 radical (unpaired) electrons. The van der Waals surface area contributed by atoms with Gasteiger partial charge in [0.05, 0.1) is 23.2 Å². The highest BCUT2D eigenvalue weighted by atomic mass is 32.2. The third-order valence-corrected chi connectivity index (χ3v) is 4.62. The van der Waals surface area contributed by atoms with Crippen molar-refractivity contribution >= 4 is 23.9 Å². The molecule has 2 heterocycles. The lowest BCUT2D eigenvalue weighted by Gasteiger charge is -2.31. The second kappa shape index (κ2) is 3.75. The summed E-state index contributed by atoms with van der Waals surface area (Å²) in [6.07, 6.45) is 0.220. The van der Waals surface area contributed by atoms with Crippen molar-refractivity contribution in [2.75, 3.05) is 5.75 Å². The molecule has 1 N–H and O–H groups in total. The number of benzene rings is 1. The van der Waals surface area contributed by atoms with Gasteiger partial charge in [-0.2, -0.15) is 0 Å². The van der Waals surface area contributed by atoms with Crippen LogP contribution in [0.3, 0.4) is 0 Å². The van der Waals surface area contributed by atoms with Crippen LogP contribution in [0.1, 0.15) is 23.1 Å². The Hall–Kier alpha value is -1.49. The lowest BCUT2D eigenvalue weighted by atomic mass is 9.79. The molecule has 2 aliphatic heterocycles. The molecule has 0 aromatic heterocycles. The van der Waals surface area contributed by atoms with Gasteiger partial charge in [-0.05, 0) is 31.0 Å². The van der Waals surface area contributed by atoms with Crippen LogP contribution in [0.4, 0.5) is 0 Å². The maximum Gasteiger partial charge on any atom is 0.238 e. The lowest BCUT2D eigenvalue weighted by molar-refractivity contribution is -0.126. The molecule has 1 spiro atoms. The molecule has 1 fully saturated rings. The number of imide groups is 1. The summed E-state index contributed by atoms with van der Waals surface area (Å²) in [6, 6.07) is 3.91. The lowest BCUT2D eigenvalue weighted by Crippen LogP contribution is -2.40. The van der Waals surface area contributed by atoms with E-state index in [1.165, 1.54) is 12.0 Å². The molecule has 4 nitrogen and oxygen atoms in total. The molecule has 1 aromatic carbocycles. The van der Waals surface area contributed by atoms with Crippen molar-refractivity contribution in [2.24, 2.45) is 0 Å². The second-order valence-corrected chi connectivity index (χ2v) is 5.61. The first kappa shape index (κ1) is 11.6. The number of aryl methyl sites for hydroxylation is 2. The highest BCUT2D eigenvalue weighted by Gasteiger charge is 2.51. The molecule has 1 aromatic rings. The number of carbonyl (C=O) groups excluding carboxylic acids is 2. The predicted molar refractivity (Wildman–Crippen MR) is 68.4 cm³/mol. The van der Waals surface area contributed by atoms with Crippen LogP contribution in [0.25, 0.3) is 0 Å². The molecule has 18 heavy (non-hydrogen) atoms. The van der Waals surface area contributed by atoms with E-state index >= 15 is 0 Å². The monoisotopic (exact) mass is 263 g/mol. The SMILES string of the molecule is Cc1cc2c(cc1C)C1(CSO2)CC(=O)NC1=O. The Balaban J connectivity index is 2.20. The molecule has 2 aliphatic rings. The first-order chi connectivity index (χ1) is 8.53. The van der Waals surface area contributed by atoms with Gasteiger partial charge in [0, 0.05) is 12.0 Å². The van der Waals surface area contributed by atoms with E-state index in [0.29, 0.717) is 11.5 Å². The molecule has 1 saturated heterocycles. The number of nitrogens with one attached hydrogen (secondary N) is 1. The Morgan fingerprint density at radius 1 is 1.28 bits per heavy atom. The fourth-order valence-corrected chi connectivity index (χ4v) is 3.40. The van der Waals surface area contributed by atoms with Gasteiger partial charge in [-0.3, -0.25) is 14.9 Å². The third kappa shape index (κ3) is 1.47. The van der Waals surface area contributed by atoms with Crippen LogP contribution in [0.15, 0.2) is 12.1 Å². The number of fused-ring (bicyclic) bond motifs is 2. The molecule has 0 bridgehead atoms. The zero-order valence-corrected chi connectivity index (χ0v) is 11.0. The van der Waals surface area contributed by atoms with Crippen molar-refractivity contribution in [3.8, 4) is 5.75 Å². The number of carbonyl (C=O) groups is 2. The smallest absolute Gasteiger partial charge is 0.238 e. The predicted octanol–water partition coefficient (Wildman–Crippen LogP) is 1.63. The van der Waals surface area contributed by atoms with E-state index in [0.717, 1.165) is 16.7 Å². The van der Waals surface area contributed by atoms with Crippen LogP contribution in [-0.2, 0) is 15.0 Å². The van der Waals surface area contributed by atoms with E-state index in [1.54, 1.807) is 0 Å². The highest BCUT2D eigenvalue weighted by Crippen LogP contribution is 2.46. The molecule has 3 rings (SSSR count). The molecule has 94 valence electrons. The van der Waals surface area contributed by atoms with Gasteiger partial charge in [0.2, 0.25) is 11.8 Å². The van der Waals surface area contributed by atoms with Crippen LogP contribution in [0.5, 0.6) is 5.75 Å². The summed E-state index contributed by atoms with van der Waals surface area (Å²) in [5.74, 6) is 0.791. The van der Waals surface area contributed by atoms with E-state index in [-0.39, 0.29) is 18.2 Å². The van der Waals surface area contributed by atoms with Crippen LogP contribution in [-0.4, -0.2) is 17.6 Å². The molecular formula is C13H13NO3S. The fraction of sp³-hybridized carbons (Fsp3) is 0.385. The molecular weight excluding hydrogens is 250 g/mol. The van der Waals surface area contributed by atoms with E-state index in [2.05, 4.69) is 5.32 Å². The normalized spacial score (nSPS) is 25.9. The summed E-state index contributed by atoms with van der Waals surface area (Å²) < 4.78 is 5.55. The van der Waals surface area contributed by atoms with Crippen molar-refractivity contribution in [1.29, 1.82) is 0 Å². The van der Waals surface area contributed by atoms with Gasteiger partial charge in [-0.15, -0.1) is 0 Å². The maximum absolute atomic E-state index is 12.1. The van der Waals surface area contributed by atoms with E-state index < -0.39 is 5.41 Å². The fourth-order valence-electron chi connectivity index (χ4n) is 2.48. The number of hydrogen-bond donors (Lipinski definition) is 1. The Morgan fingerprint density at radius 2 is 2.00 bits per heavy atom. The minimum atomic E-state index is -0.742. The minimum Gasteiger partial charge on any atom is -0.425 e. The van der Waals surface area contributed by atoms with Crippen molar-refractivity contribution in [3.63, 3.8) is 0 Å². The standard InChI is InChI=1S/C13H13NO3S/c1-7-3-9-10(4-8(7)2)17-18-6-13(9)5-11(15)14-12(13)16/h3-4H,5-6H2,1-2H3,(H,14,15,16). The van der Waals surface area contributed by atoms with Gasteiger partial charge in [0.15, 0.2) is 0 Å². The first-order valence-corrected chi connectivity index (χ1v) is 6.69. The molecule has 0 saturated carbocycles. The van der Waals surface area contributed by atoms with Crippen LogP contribution in [0, 0.1) is 13.8 Å². The first-order valence-electron chi connectivity index (χ1n) is 5.78. The van der Waals surface area contributed by atoms with Crippen molar-refractivity contribution in [1.82, 2.24) is 5.32 Å². The van der Waals surface area contributed by atoms with Gasteiger partial charge in [-0.25, -0.2) is 0 Å². The summed E-state index contributed by atoms with van der Waals surface area (Å²) in [5, 5.41) is 2.41. The molecule has 0 aliphatic carbocycles. The average molecular weight is 263 g/mol. The Labute approximate surface area is 109 Å². The number of rotatable bonds is 0. The van der Waals surface area contributed by atoms with Crippen LogP contribution >= 0.6 is 12.0 Å². The summed E-state index contributed by atoms with van der Waals surface area (Å²) in [6.45, 7) is 4.00. The summed E-state index contributed by atoms with van der Waals surface area (Å²) in [4.78, 5) is 23.6. The van der Waals surface area contributed by atoms with E-state index in [4.69, 9.17) is 4.18 Å². The van der Waals surface area contributed by atoms with E-state index in [9.17, 15) is 9.59 Å². The summed E-state index contributed by atoms with van der Waals surface area (Å²) in [7, 11) is 0. The minimum absolute atomic E-state index is 0.201. The third-order valence-electron chi connectivity index (χ3n) is 3.72. The maximum atomic E-state index is 12.1. The van der Waals surface area contributed by atoms with Gasteiger partial charge in [0.25, 0.3) is 0 Å². The molecule has 5 heteroatoms. The largest absolute Gasteiger partial charge is 0.425 e. The zero-order valence-electron chi connectivity index (χ0n) is 10.2. The summed E-state index contributed by atoms with van der Waals surface area (Å²) >= 11 is 1.24. The van der Waals surface area contributed by atoms with Gasteiger partial charge >= 0.3 is 0 Å². The highest BCUT2D eigenvalue weighted by molar-refractivity contribution is 7.95. The molecule has 1 atom stereocenters. The topological polar surface area (TPSA) is 55.4 Å². The van der Waals surface area contributed by atoms with Crippen molar-refractivity contribution < 1.29 is 13.8 Å². The molecule has 2 amide bonds. The van der Waals surface area contributed by atoms with Gasteiger partial charge in [-0.1, -0.05) is 6.07 Å². The Bertz CT molecular complexity index is 570. The quantitative estimate of drug-likeness (QED) is 0.571. The Morgan fingerprint density at radius 3 is 2.67 bits per heavy atom. The van der Waals surface area contributed by atoms with Crippen LogP contribution in [0.2, 0.25) is 0 Å². The Kier molecular flexibility index (Phi) is 2.41.